The van der Waals surface area contributed by atoms with Crippen LogP contribution in [0.3, 0.4) is 0 Å². The van der Waals surface area contributed by atoms with E-state index >= 15 is 0 Å². The standard InChI is InChI=1S/C39H47N7O2/c40-17-22-41-18-7-5-3-1-2-4-6-8-19-42-33(27-47-34-23-31-15-13-29-11-9-20-43-36(29)38(31)45-25-34)28-48-35-24-32-16-14-30-12-10-21-44-37(30)39(32)46-26-35/h9-16,20-21,23-26,33,41-42H,1-8,17-19,22,27-28,40H2. The molecule has 0 spiro atoms. The van der Waals surface area contributed by atoms with Gasteiger partial charge in [0.25, 0.3) is 0 Å². The summed E-state index contributed by atoms with van der Waals surface area (Å²) in [7, 11) is 0. The van der Waals surface area contributed by atoms with Gasteiger partial charge < -0.3 is 25.8 Å². The number of nitrogens with two attached hydrogens (primary N) is 1. The van der Waals surface area contributed by atoms with Gasteiger partial charge in [-0.3, -0.25) is 19.9 Å². The third-order valence-corrected chi connectivity index (χ3v) is 8.73. The van der Waals surface area contributed by atoms with Crippen molar-refractivity contribution in [1.82, 2.24) is 30.6 Å². The van der Waals surface area contributed by atoms with E-state index in [0.29, 0.717) is 19.8 Å². The summed E-state index contributed by atoms with van der Waals surface area (Å²) in [4.78, 5) is 18.5. The van der Waals surface area contributed by atoms with Gasteiger partial charge in [0.15, 0.2) is 0 Å². The van der Waals surface area contributed by atoms with Crippen LogP contribution in [0.4, 0.5) is 0 Å². The van der Waals surface area contributed by atoms with E-state index in [2.05, 4.69) is 57.0 Å². The number of hydrogen-bond donors (Lipinski definition) is 3. The van der Waals surface area contributed by atoms with Gasteiger partial charge >= 0.3 is 0 Å². The molecular weight excluding hydrogens is 598 g/mol. The molecule has 0 aliphatic rings. The van der Waals surface area contributed by atoms with Gasteiger partial charge in [-0.05, 0) is 50.2 Å². The highest BCUT2D eigenvalue weighted by Crippen LogP contribution is 2.26. The van der Waals surface area contributed by atoms with Crippen LogP contribution in [0.25, 0.3) is 43.6 Å². The van der Waals surface area contributed by atoms with Crippen molar-refractivity contribution >= 4 is 43.6 Å². The normalized spacial score (nSPS) is 11.7. The fourth-order valence-electron chi connectivity index (χ4n) is 6.12. The molecule has 9 heteroatoms. The fourth-order valence-corrected chi connectivity index (χ4v) is 6.12. The SMILES string of the molecule is NCCNCCCCCCCCCCNC(COc1cnc2c(ccc3cccnc32)c1)COc1cnc2c(ccc3cccnc32)c1. The van der Waals surface area contributed by atoms with Gasteiger partial charge in [-0.2, -0.15) is 0 Å². The first-order chi connectivity index (χ1) is 23.8. The summed E-state index contributed by atoms with van der Waals surface area (Å²) in [5, 5.41) is 11.2. The second kappa shape index (κ2) is 17.6. The van der Waals surface area contributed by atoms with Gasteiger partial charge in [0.1, 0.15) is 24.7 Å². The van der Waals surface area contributed by atoms with Gasteiger partial charge in [0, 0.05) is 47.0 Å². The lowest BCUT2D eigenvalue weighted by atomic mass is 10.1. The van der Waals surface area contributed by atoms with Gasteiger partial charge in [-0.1, -0.05) is 74.9 Å². The number of hydrogen-bond acceptors (Lipinski definition) is 9. The molecule has 0 bridgehead atoms. The van der Waals surface area contributed by atoms with Crippen LogP contribution in [0.15, 0.2) is 85.5 Å². The first-order valence-electron chi connectivity index (χ1n) is 17.5. The highest BCUT2D eigenvalue weighted by Gasteiger charge is 2.13. The molecule has 0 amide bonds. The van der Waals surface area contributed by atoms with Gasteiger partial charge in [-0.15, -0.1) is 0 Å². The average Bonchev–Trinajstić information content (AvgIpc) is 3.13. The Balaban J connectivity index is 1.02. The lowest BCUT2D eigenvalue weighted by Gasteiger charge is -2.20. The number of pyridine rings is 4. The van der Waals surface area contributed by atoms with Crippen molar-refractivity contribution in [2.45, 2.75) is 57.4 Å². The second-order valence-electron chi connectivity index (χ2n) is 12.4. The molecule has 4 aromatic heterocycles. The summed E-state index contributed by atoms with van der Waals surface area (Å²) in [6.45, 7) is 4.52. The molecule has 0 radical (unpaired) electrons. The van der Waals surface area contributed by atoms with Crippen molar-refractivity contribution in [1.29, 1.82) is 0 Å². The molecular formula is C39H47N7O2. The number of nitrogens with one attached hydrogen (secondary N) is 2. The summed E-state index contributed by atoms with van der Waals surface area (Å²) >= 11 is 0. The lowest BCUT2D eigenvalue weighted by molar-refractivity contribution is 0.195. The van der Waals surface area contributed by atoms with E-state index in [1.807, 2.05) is 24.3 Å². The quantitative estimate of drug-likeness (QED) is 0.0598. The molecule has 0 atom stereocenters. The highest BCUT2D eigenvalue weighted by molar-refractivity contribution is 6.03. The monoisotopic (exact) mass is 645 g/mol. The number of ether oxygens (including phenoxy) is 2. The van der Waals surface area contributed by atoms with Crippen LogP contribution in [0, 0.1) is 0 Å². The fraction of sp³-hybridized carbons (Fsp3) is 0.385. The molecule has 0 aliphatic heterocycles. The maximum atomic E-state index is 6.30. The minimum atomic E-state index is -0.0131. The van der Waals surface area contributed by atoms with E-state index in [1.165, 1.54) is 44.9 Å². The molecule has 4 heterocycles. The number of unbranched alkanes of at least 4 members (excludes halogenated alkanes) is 7. The number of nitrogens with zero attached hydrogens (tertiary/aromatic N) is 4. The Labute approximate surface area is 282 Å². The summed E-state index contributed by atoms with van der Waals surface area (Å²) in [5.41, 5.74) is 9.09. The van der Waals surface area contributed by atoms with Crippen molar-refractivity contribution in [3.8, 4) is 11.5 Å². The van der Waals surface area contributed by atoms with Crippen LogP contribution in [-0.4, -0.2) is 65.4 Å². The third kappa shape index (κ3) is 9.13. The van der Waals surface area contributed by atoms with Crippen molar-refractivity contribution in [3.05, 3.63) is 85.5 Å². The molecule has 0 fully saturated rings. The van der Waals surface area contributed by atoms with E-state index in [1.54, 1.807) is 24.8 Å². The first kappa shape index (κ1) is 33.5. The van der Waals surface area contributed by atoms with Crippen LogP contribution < -0.4 is 25.8 Å². The molecule has 0 saturated heterocycles. The minimum absolute atomic E-state index is 0.0131. The van der Waals surface area contributed by atoms with Crippen molar-refractivity contribution < 1.29 is 9.47 Å². The van der Waals surface area contributed by atoms with Gasteiger partial charge in [0.2, 0.25) is 0 Å². The van der Waals surface area contributed by atoms with E-state index in [0.717, 1.165) is 81.2 Å². The molecule has 0 unspecified atom stereocenters. The van der Waals surface area contributed by atoms with Crippen LogP contribution in [0.2, 0.25) is 0 Å². The average molecular weight is 646 g/mol. The Morgan fingerprint density at radius 1 is 0.542 bits per heavy atom. The molecule has 250 valence electrons. The Morgan fingerprint density at radius 2 is 1.02 bits per heavy atom. The van der Waals surface area contributed by atoms with E-state index in [9.17, 15) is 0 Å². The van der Waals surface area contributed by atoms with E-state index in [-0.39, 0.29) is 6.04 Å². The van der Waals surface area contributed by atoms with Crippen LogP contribution in [0.5, 0.6) is 11.5 Å². The Morgan fingerprint density at radius 3 is 1.56 bits per heavy atom. The summed E-state index contributed by atoms with van der Waals surface area (Å²) in [6, 6.07) is 20.4. The Bertz CT molecular complexity index is 1780. The lowest BCUT2D eigenvalue weighted by Crippen LogP contribution is -2.40. The summed E-state index contributed by atoms with van der Waals surface area (Å²) < 4.78 is 12.6. The summed E-state index contributed by atoms with van der Waals surface area (Å²) in [5.74, 6) is 1.46. The second-order valence-corrected chi connectivity index (χ2v) is 12.4. The van der Waals surface area contributed by atoms with Crippen LogP contribution >= 0.6 is 0 Å². The van der Waals surface area contributed by atoms with Gasteiger partial charge in [-0.25, -0.2) is 0 Å². The van der Waals surface area contributed by atoms with Crippen molar-refractivity contribution in [2.24, 2.45) is 5.73 Å². The Kier molecular flexibility index (Phi) is 12.3. The molecule has 0 aliphatic carbocycles. The van der Waals surface area contributed by atoms with Crippen molar-refractivity contribution in [3.63, 3.8) is 0 Å². The molecule has 0 saturated carbocycles. The minimum Gasteiger partial charge on any atom is -0.490 e. The molecule has 6 aromatic rings. The smallest absolute Gasteiger partial charge is 0.138 e. The summed E-state index contributed by atoms with van der Waals surface area (Å²) in [6.07, 6.45) is 17.2. The zero-order chi connectivity index (χ0) is 32.8. The topological polar surface area (TPSA) is 120 Å². The molecule has 2 aromatic carbocycles. The predicted octanol–water partition coefficient (Wildman–Crippen LogP) is 6.96. The third-order valence-electron chi connectivity index (χ3n) is 8.73. The zero-order valence-electron chi connectivity index (χ0n) is 27.7. The number of benzene rings is 2. The molecule has 6 rings (SSSR count). The predicted molar refractivity (Wildman–Crippen MR) is 196 cm³/mol. The first-order valence-corrected chi connectivity index (χ1v) is 17.5. The largest absolute Gasteiger partial charge is 0.490 e. The zero-order valence-corrected chi connectivity index (χ0v) is 27.7. The van der Waals surface area contributed by atoms with E-state index in [4.69, 9.17) is 25.2 Å². The Hall–Kier alpha value is -4.44. The van der Waals surface area contributed by atoms with Gasteiger partial charge in [0.05, 0.1) is 40.5 Å². The maximum absolute atomic E-state index is 6.30. The molecule has 9 nitrogen and oxygen atoms in total. The molecule has 48 heavy (non-hydrogen) atoms. The van der Waals surface area contributed by atoms with Crippen LogP contribution in [-0.2, 0) is 0 Å². The maximum Gasteiger partial charge on any atom is 0.138 e. The number of rotatable bonds is 20. The molecule has 4 N–H and O–H groups in total. The van der Waals surface area contributed by atoms with Crippen molar-refractivity contribution in [2.75, 3.05) is 39.4 Å². The number of aromatic nitrogens is 4. The highest BCUT2D eigenvalue weighted by atomic mass is 16.5. The number of fused-ring (bicyclic) bond motifs is 6. The van der Waals surface area contributed by atoms with Crippen LogP contribution in [0.1, 0.15) is 51.4 Å². The van der Waals surface area contributed by atoms with E-state index < -0.39 is 0 Å².